The van der Waals surface area contributed by atoms with Gasteiger partial charge in [-0.1, -0.05) is 42.5 Å². The number of rotatable bonds is 6. The fraction of sp³-hybridized carbons (Fsp3) is 0.294. The zero-order valence-corrected chi connectivity index (χ0v) is 11.8. The number of hydrogen-bond acceptors (Lipinski definition) is 2. The Hall–Kier alpha value is -1.71. The van der Waals surface area contributed by atoms with Crippen molar-refractivity contribution in [3.8, 4) is 0 Å². The van der Waals surface area contributed by atoms with E-state index in [2.05, 4.69) is 17.0 Å². The third-order valence-electron chi connectivity index (χ3n) is 3.37. The summed E-state index contributed by atoms with van der Waals surface area (Å²) in [4.78, 5) is 2.12. The third kappa shape index (κ3) is 3.89. The van der Waals surface area contributed by atoms with Crippen LogP contribution in [-0.2, 0) is 19.5 Å². The standard InChI is InChI=1S/C17H21FN2/c1-20(13-16-8-4-5-9-17(16)18)12-15-7-3-2-6-14(15)10-11-19/h2-9H,10-13,19H2,1H3. The molecule has 2 rings (SSSR count). The smallest absolute Gasteiger partial charge is 0.127 e. The van der Waals surface area contributed by atoms with E-state index in [4.69, 9.17) is 5.73 Å². The van der Waals surface area contributed by atoms with E-state index in [-0.39, 0.29) is 5.82 Å². The summed E-state index contributed by atoms with van der Waals surface area (Å²) in [5.41, 5.74) is 8.90. The first kappa shape index (κ1) is 14.7. The third-order valence-corrected chi connectivity index (χ3v) is 3.37. The van der Waals surface area contributed by atoms with Crippen LogP contribution in [0, 0.1) is 5.82 Å². The molecular formula is C17H21FN2. The molecule has 0 amide bonds. The molecule has 0 spiro atoms. The van der Waals surface area contributed by atoms with E-state index in [1.54, 1.807) is 6.07 Å². The molecule has 0 aliphatic heterocycles. The van der Waals surface area contributed by atoms with Gasteiger partial charge in [-0.15, -0.1) is 0 Å². The second kappa shape index (κ2) is 7.17. The van der Waals surface area contributed by atoms with E-state index in [1.165, 1.54) is 17.2 Å². The summed E-state index contributed by atoms with van der Waals surface area (Å²) < 4.78 is 13.6. The highest BCUT2D eigenvalue weighted by molar-refractivity contribution is 5.27. The zero-order valence-electron chi connectivity index (χ0n) is 11.8. The molecule has 0 aromatic heterocycles. The average Bonchev–Trinajstić information content (AvgIpc) is 2.44. The summed E-state index contributed by atoms with van der Waals surface area (Å²) in [5.74, 6) is -0.144. The predicted molar refractivity (Wildman–Crippen MR) is 80.8 cm³/mol. The van der Waals surface area contributed by atoms with Crippen LogP contribution in [-0.4, -0.2) is 18.5 Å². The molecule has 0 aliphatic rings. The lowest BCUT2D eigenvalue weighted by atomic mass is 10.0. The molecule has 0 saturated heterocycles. The SMILES string of the molecule is CN(Cc1ccccc1F)Cc1ccccc1CCN. The normalized spacial score (nSPS) is 11.0. The Labute approximate surface area is 120 Å². The lowest BCUT2D eigenvalue weighted by Gasteiger charge is -2.19. The number of benzene rings is 2. The Kier molecular flexibility index (Phi) is 5.27. The van der Waals surface area contributed by atoms with E-state index in [9.17, 15) is 4.39 Å². The molecule has 0 heterocycles. The van der Waals surface area contributed by atoms with Crippen molar-refractivity contribution >= 4 is 0 Å². The Bertz CT molecular complexity index is 554. The van der Waals surface area contributed by atoms with E-state index >= 15 is 0 Å². The fourth-order valence-electron chi connectivity index (χ4n) is 2.38. The molecular weight excluding hydrogens is 251 g/mol. The van der Waals surface area contributed by atoms with E-state index in [1.807, 2.05) is 31.3 Å². The van der Waals surface area contributed by atoms with Gasteiger partial charge in [0.15, 0.2) is 0 Å². The summed E-state index contributed by atoms with van der Waals surface area (Å²) in [6.45, 7) is 2.04. The Morgan fingerprint density at radius 1 is 0.900 bits per heavy atom. The summed E-state index contributed by atoms with van der Waals surface area (Å²) in [6, 6.07) is 15.2. The molecule has 3 heteroatoms. The van der Waals surface area contributed by atoms with Gasteiger partial charge in [-0.2, -0.15) is 0 Å². The minimum Gasteiger partial charge on any atom is -0.330 e. The molecule has 2 N–H and O–H groups in total. The molecule has 0 aliphatic carbocycles. The molecule has 0 unspecified atom stereocenters. The van der Waals surface area contributed by atoms with Gasteiger partial charge in [0.2, 0.25) is 0 Å². The summed E-state index contributed by atoms with van der Waals surface area (Å²) in [6.07, 6.45) is 0.879. The maximum atomic E-state index is 13.6. The zero-order chi connectivity index (χ0) is 14.4. The van der Waals surface area contributed by atoms with Crippen molar-refractivity contribution in [2.24, 2.45) is 5.73 Å². The van der Waals surface area contributed by atoms with Crippen LogP contribution < -0.4 is 5.73 Å². The van der Waals surface area contributed by atoms with Crippen molar-refractivity contribution < 1.29 is 4.39 Å². The van der Waals surface area contributed by atoms with Gasteiger partial charge in [-0.25, -0.2) is 4.39 Å². The topological polar surface area (TPSA) is 29.3 Å². The largest absolute Gasteiger partial charge is 0.330 e. The first-order chi connectivity index (χ1) is 9.70. The van der Waals surface area contributed by atoms with Crippen LogP contribution in [0.5, 0.6) is 0 Å². The summed E-state index contributed by atoms with van der Waals surface area (Å²) in [7, 11) is 2.01. The van der Waals surface area contributed by atoms with Crippen LogP contribution >= 0.6 is 0 Å². The van der Waals surface area contributed by atoms with Gasteiger partial charge in [0.1, 0.15) is 5.82 Å². The van der Waals surface area contributed by atoms with Crippen LogP contribution in [0.1, 0.15) is 16.7 Å². The molecule has 2 aromatic carbocycles. The molecule has 0 fully saturated rings. The van der Waals surface area contributed by atoms with Crippen molar-refractivity contribution in [1.29, 1.82) is 0 Å². The van der Waals surface area contributed by atoms with Crippen LogP contribution in [0.25, 0.3) is 0 Å². The summed E-state index contributed by atoms with van der Waals surface area (Å²) >= 11 is 0. The minimum absolute atomic E-state index is 0.144. The number of hydrogen-bond donors (Lipinski definition) is 1. The second-order valence-corrected chi connectivity index (χ2v) is 5.07. The van der Waals surface area contributed by atoms with Crippen LogP contribution in [0.4, 0.5) is 4.39 Å². The van der Waals surface area contributed by atoms with Crippen molar-refractivity contribution in [2.75, 3.05) is 13.6 Å². The predicted octanol–water partition coefficient (Wildman–Crippen LogP) is 2.96. The van der Waals surface area contributed by atoms with Gasteiger partial charge in [0, 0.05) is 18.7 Å². The summed E-state index contributed by atoms with van der Waals surface area (Å²) in [5, 5.41) is 0. The quantitative estimate of drug-likeness (QED) is 0.876. The van der Waals surface area contributed by atoms with Crippen LogP contribution in [0.3, 0.4) is 0 Å². The average molecular weight is 272 g/mol. The molecule has 2 nitrogen and oxygen atoms in total. The lowest BCUT2D eigenvalue weighted by Crippen LogP contribution is -2.19. The van der Waals surface area contributed by atoms with Crippen LogP contribution in [0.2, 0.25) is 0 Å². The highest BCUT2D eigenvalue weighted by Gasteiger charge is 2.08. The molecule has 0 atom stereocenters. The maximum Gasteiger partial charge on any atom is 0.127 e. The van der Waals surface area contributed by atoms with Crippen molar-refractivity contribution in [1.82, 2.24) is 4.90 Å². The fourth-order valence-corrected chi connectivity index (χ4v) is 2.38. The van der Waals surface area contributed by atoms with E-state index in [0.717, 1.165) is 18.5 Å². The first-order valence-electron chi connectivity index (χ1n) is 6.89. The highest BCUT2D eigenvalue weighted by atomic mass is 19.1. The van der Waals surface area contributed by atoms with Gasteiger partial charge >= 0.3 is 0 Å². The van der Waals surface area contributed by atoms with Crippen molar-refractivity contribution in [3.63, 3.8) is 0 Å². The van der Waals surface area contributed by atoms with Gasteiger partial charge in [0.05, 0.1) is 0 Å². The number of halogens is 1. The second-order valence-electron chi connectivity index (χ2n) is 5.07. The molecule has 0 bridgehead atoms. The van der Waals surface area contributed by atoms with Crippen LogP contribution in [0.15, 0.2) is 48.5 Å². The molecule has 2 aromatic rings. The lowest BCUT2D eigenvalue weighted by molar-refractivity contribution is 0.312. The minimum atomic E-state index is -0.144. The monoisotopic (exact) mass is 272 g/mol. The van der Waals surface area contributed by atoms with E-state index < -0.39 is 0 Å². The van der Waals surface area contributed by atoms with E-state index in [0.29, 0.717) is 13.1 Å². The number of nitrogens with zero attached hydrogens (tertiary/aromatic N) is 1. The van der Waals surface area contributed by atoms with Gasteiger partial charge in [0.25, 0.3) is 0 Å². The van der Waals surface area contributed by atoms with Gasteiger partial charge < -0.3 is 5.73 Å². The Morgan fingerprint density at radius 3 is 2.10 bits per heavy atom. The number of nitrogens with two attached hydrogens (primary N) is 1. The molecule has 20 heavy (non-hydrogen) atoms. The Balaban J connectivity index is 2.05. The highest BCUT2D eigenvalue weighted by Crippen LogP contribution is 2.14. The molecule has 106 valence electrons. The Morgan fingerprint density at radius 2 is 1.45 bits per heavy atom. The maximum absolute atomic E-state index is 13.6. The van der Waals surface area contributed by atoms with Crippen molar-refractivity contribution in [3.05, 3.63) is 71.0 Å². The van der Waals surface area contributed by atoms with Gasteiger partial charge in [-0.3, -0.25) is 4.90 Å². The van der Waals surface area contributed by atoms with Gasteiger partial charge in [-0.05, 0) is 37.2 Å². The molecule has 0 saturated carbocycles. The molecule has 0 radical (unpaired) electrons. The van der Waals surface area contributed by atoms with Crippen molar-refractivity contribution in [2.45, 2.75) is 19.5 Å². The first-order valence-corrected chi connectivity index (χ1v) is 6.89.